The quantitative estimate of drug-likeness (QED) is 0.815. The molecule has 3 rings (SSSR count). The van der Waals surface area contributed by atoms with E-state index in [1.165, 1.54) is 4.90 Å². The second kappa shape index (κ2) is 4.75. The van der Waals surface area contributed by atoms with Gasteiger partial charge in [0.1, 0.15) is 0 Å². The van der Waals surface area contributed by atoms with Gasteiger partial charge in [0, 0.05) is 6.04 Å². The van der Waals surface area contributed by atoms with Crippen LogP contribution in [0, 0.1) is 0 Å². The molecule has 0 spiro atoms. The number of rotatable bonds is 4. The van der Waals surface area contributed by atoms with Crippen molar-refractivity contribution >= 4 is 11.8 Å². The van der Waals surface area contributed by atoms with Crippen LogP contribution >= 0.6 is 0 Å². The number of amides is 2. The summed E-state index contributed by atoms with van der Waals surface area (Å²) < 4.78 is 5.37. The van der Waals surface area contributed by atoms with Crippen LogP contribution in [0.25, 0.3) is 0 Å². The molecule has 0 radical (unpaired) electrons. The Hall–Kier alpha value is -1.72. The van der Waals surface area contributed by atoms with Crippen molar-refractivity contribution in [3.8, 4) is 0 Å². The van der Waals surface area contributed by atoms with Gasteiger partial charge in [0.25, 0.3) is 11.8 Å². The van der Waals surface area contributed by atoms with Crippen LogP contribution in [-0.2, 0) is 4.74 Å². The standard InChI is InChI=1S/C14H15NO4/c16-5-6-19-10-7-9(8-10)15-13(17)11-3-1-2-4-12(11)14(15)18/h1-4,9-10,16H,5-8H2. The molecule has 2 amide bonds. The Morgan fingerprint density at radius 2 is 1.74 bits per heavy atom. The fraction of sp³-hybridized carbons (Fsp3) is 0.429. The number of carbonyl (C=O) groups is 2. The lowest BCUT2D eigenvalue weighted by atomic mass is 9.88. The molecular formula is C14H15NO4. The van der Waals surface area contributed by atoms with Gasteiger partial charge in [-0.05, 0) is 25.0 Å². The van der Waals surface area contributed by atoms with Gasteiger partial charge in [-0.1, -0.05) is 12.1 Å². The number of benzene rings is 1. The first kappa shape index (κ1) is 12.3. The van der Waals surface area contributed by atoms with Crippen molar-refractivity contribution in [3.05, 3.63) is 35.4 Å². The van der Waals surface area contributed by atoms with Gasteiger partial charge >= 0.3 is 0 Å². The normalized spacial score (nSPS) is 25.4. The maximum Gasteiger partial charge on any atom is 0.261 e. The van der Waals surface area contributed by atoms with E-state index in [9.17, 15) is 9.59 Å². The van der Waals surface area contributed by atoms with Crippen LogP contribution in [-0.4, -0.2) is 47.2 Å². The first-order chi connectivity index (χ1) is 9.22. The zero-order valence-corrected chi connectivity index (χ0v) is 10.4. The van der Waals surface area contributed by atoms with Crippen LogP contribution < -0.4 is 0 Å². The maximum absolute atomic E-state index is 12.2. The molecule has 2 aliphatic rings. The number of ether oxygens (including phenoxy) is 1. The Balaban J connectivity index is 1.69. The SMILES string of the molecule is O=C1c2ccccc2C(=O)N1C1CC(OCCO)C1. The van der Waals surface area contributed by atoms with E-state index in [4.69, 9.17) is 9.84 Å². The molecule has 1 N–H and O–H groups in total. The van der Waals surface area contributed by atoms with Gasteiger partial charge in [-0.25, -0.2) is 0 Å². The van der Waals surface area contributed by atoms with Gasteiger partial charge in [-0.2, -0.15) is 0 Å². The van der Waals surface area contributed by atoms with Crippen molar-refractivity contribution in [1.29, 1.82) is 0 Å². The van der Waals surface area contributed by atoms with Crippen molar-refractivity contribution in [2.75, 3.05) is 13.2 Å². The van der Waals surface area contributed by atoms with Gasteiger partial charge in [0.2, 0.25) is 0 Å². The first-order valence-corrected chi connectivity index (χ1v) is 6.41. The van der Waals surface area contributed by atoms with Crippen LogP contribution in [0.2, 0.25) is 0 Å². The molecule has 19 heavy (non-hydrogen) atoms. The summed E-state index contributed by atoms with van der Waals surface area (Å²) in [6.07, 6.45) is 1.36. The fourth-order valence-corrected chi connectivity index (χ4v) is 2.64. The number of hydrogen-bond acceptors (Lipinski definition) is 4. The lowest BCUT2D eigenvalue weighted by molar-refractivity contribution is -0.0477. The lowest BCUT2D eigenvalue weighted by Gasteiger charge is -2.39. The number of hydrogen-bond donors (Lipinski definition) is 1. The largest absolute Gasteiger partial charge is 0.394 e. The number of nitrogens with zero attached hydrogens (tertiary/aromatic N) is 1. The number of imide groups is 1. The van der Waals surface area contributed by atoms with E-state index in [1.54, 1.807) is 24.3 Å². The Kier molecular flexibility index (Phi) is 3.08. The number of aliphatic hydroxyl groups excluding tert-OH is 1. The van der Waals surface area contributed by atoms with Crippen molar-refractivity contribution in [2.45, 2.75) is 25.0 Å². The minimum absolute atomic E-state index is 0.00577. The molecule has 1 aromatic carbocycles. The predicted octanol–water partition coefficient (Wildman–Crippen LogP) is 0.823. The van der Waals surface area contributed by atoms with Crippen LogP contribution in [0.15, 0.2) is 24.3 Å². The van der Waals surface area contributed by atoms with Crippen molar-refractivity contribution in [2.24, 2.45) is 0 Å². The number of aliphatic hydroxyl groups is 1. The summed E-state index contributed by atoms with van der Waals surface area (Å²) in [7, 11) is 0. The Morgan fingerprint density at radius 3 is 2.26 bits per heavy atom. The molecule has 0 unspecified atom stereocenters. The summed E-state index contributed by atoms with van der Waals surface area (Å²) in [6, 6.07) is 6.83. The number of carbonyl (C=O) groups excluding carboxylic acids is 2. The molecule has 1 saturated carbocycles. The van der Waals surface area contributed by atoms with E-state index in [0.29, 0.717) is 30.6 Å². The molecule has 0 aromatic heterocycles. The molecule has 1 aromatic rings. The second-order valence-corrected chi connectivity index (χ2v) is 4.87. The third-order valence-corrected chi connectivity index (χ3v) is 3.71. The topological polar surface area (TPSA) is 66.8 Å². The van der Waals surface area contributed by atoms with Crippen LogP contribution in [0.4, 0.5) is 0 Å². The van der Waals surface area contributed by atoms with E-state index in [0.717, 1.165) is 0 Å². The average Bonchev–Trinajstić information content (AvgIpc) is 2.63. The minimum Gasteiger partial charge on any atom is -0.394 e. The highest BCUT2D eigenvalue weighted by Crippen LogP contribution is 2.34. The Labute approximate surface area is 110 Å². The summed E-state index contributed by atoms with van der Waals surface area (Å²) in [5.41, 5.74) is 0.986. The van der Waals surface area contributed by atoms with Gasteiger partial charge < -0.3 is 9.84 Å². The second-order valence-electron chi connectivity index (χ2n) is 4.87. The summed E-state index contributed by atoms with van der Waals surface area (Å²) >= 11 is 0. The molecule has 0 atom stereocenters. The highest BCUT2D eigenvalue weighted by molar-refractivity contribution is 6.21. The van der Waals surface area contributed by atoms with E-state index in [2.05, 4.69) is 0 Å². The highest BCUT2D eigenvalue weighted by atomic mass is 16.5. The number of fused-ring (bicyclic) bond motifs is 1. The zero-order valence-electron chi connectivity index (χ0n) is 10.4. The van der Waals surface area contributed by atoms with Crippen molar-refractivity contribution < 1.29 is 19.4 Å². The molecule has 1 aliphatic heterocycles. The van der Waals surface area contributed by atoms with Crippen LogP contribution in [0.3, 0.4) is 0 Å². The molecule has 0 bridgehead atoms. The molecule has 5 heteroatoms. The van der Waals surface area contributed by atoms with Gasteiger partial charge in [0.05, 0.1) is 30.4 Å². The molecule has 1 fully saturated rings. The van der Waals surface area contributed by atoms with E-state index >= 15 is 0 Å². The average molecular weight is 261 g/mol. The molecule has 1 aliphatic carbocycles. The highest BCUT2D eigenvalue weighted by Gasteiger charge is 2.45. The Morgan fingerprint density at radius 1 is 1.16 bits per heavy atom. The van der Waals surface area contributed by atoms with Gasteiger partial charge in [0.15, 0.2) is 0 Å². The molecular weight excluding hydrogens is 246 g/mol. The lowest BCUT2D eigenvalue weighted by Crippen LogP contribution is -2.50. The van der Waals surface area contributed by atoms with Crippen molar-refractivity contribution in [3.63, 3.8) is 0 Å². The molecule has 0 saturated heterocycles. The van der Waals surface area contributed by atoms with Gasteiger partial charge in [-0.3, -0.25) is 14.5 Å². The smallest absolute Gasteiger partial charge is 0.261 e. The van der Waals surface area contributed by atoms with Crippen molar-refractivity contribution in [1.82, 2.24) is 4.90 Å². The van der Waals surface area contributed by atoms with Gasteiger partial charge in [-0.15, -0.1) is 0 Å². The van der Waals surface area contributed by atoms with E-state index in [-0.39, 0.29) is 30.6 Å². The summed E-state index contributed by atoms with van der Waals surface area (Å²) in [5.74, 6) is -0.405. The molecule has 1 heterocycles. The summed E-state index contributed by atoms with van der Waals surface area (Å²) in [5, 5.41) is 8.67. The third-order valence-electron chi connectivity index (χ3n) is 3.71. The summed E-state index contributed by atoms with van der Waals surface area (Å²) in [6.45, 7) is 0.299. The first-order valence-electron chi connectivity index (χ1n) is 6.41. The van der Waals surface area contributed by atoms with E-state index < -0.39 is 0 Å². The monoisotopic (exact) mass is 261 g/mol. The predicted molar refractivity (Wildman–Crippen MR) is 66.8 cm³/mol. The Bertz CT molecular complexity index is 487. The maximum atomic E-state index is 12.2. The summed E-state index contributed by atoms with van der Waals surface area (Å²) in [4.78, 5) is 25.7. The molecule has 5 nitrogen and oxygen atoms in total. The minimum atomic E-state index is -0.203. The third kappa shape index (κ3) is 1.95. The fourth-order valence-electron chi connectivity index (χ4n) is 2.64. The molecule has 100 valence electrons. The van der Waals surface area contributed by atoms with Crippen LogP contribution in [0.5, 0.6) is 0 Å². The van der Waals surface area contributed by atoms with E-state index in [1.807, 2.05) is 0 Å². The van der Waals surface area contributed by atoms with Crippen LogP contribution in [0.1, 0.15) is 33.6 Å². The zero-order chi connectivity index (χ0) is 13.4.